The fourth-order valence-electron chi connectivity index (χ4n) is 4.75. The van der Waals surface area contributed by atoms with Crippen molar-refractivity contribution in [3.8, 4) is 17.6 Å². The van der Waals surface area contributed by atoms with Crippen LogP contribution in [0.4, 0.5) is 17.1 Å². The lowest BCUT2D eigenvalue weighted by Gasteiger charge is -2.19. The Labute approximate surface area is 272 Å². The van der Waals surface area contributed by atoms with Crippen LogP contribution in [0.2, 0.25) is 5.02 Å². The number of pyridine rings is 2. The number of rotatable bonds is 14. The van der Waals surface area contributed by atoms with E-state index in [1.54, 1.807) is 43.6 Å². The number of ether oxygens (including phenoxy) is 4. The van der Waals surface area contributed by atoms with Crippen molar-refractivity contribution in [1.29, 1.82) is 5.26 Å². The van der Waals surface area contributed by atoms with E-state index < -0.39 is 0 Å². The van der Waals surface area contributed by atoms with Crippen molar-refractivity contribution in [1.82, 2.24) is 14.9 Å². The Balaban J connectivity index is 1.41. The summed E-state index contributed by atoms with van der Waals surface area (Å²) in [5, 5.41) is 17.3. The Morgan fingerprint density at radius 3 is 2.85 bits per heavy atom. The van der Waals surface area contributed by atoms with E-state index in [1.165, 1.54) is 12.3 Å². The molecule has 5 rings (SSSR count). The van der Waals surface area contributed by atoms with E-state index in [1.807, 2.05) is 36.2 Å². The molecule has 11 nitrogen and oxygen atoms in total. The molecule has 12 heteroatoms. The Bertz CT molecular complexity index is 1720. The van der Waals surface area contributed by atoms with Gasteiger partial charge in [-0.15, -0.1) is 0 Å². The molecule has 2 N–H and O–H groups in total. The summed E-state index contributed by atoms with van der Waals surface area (Å²) in [6.45, 7) is 3.25. The number of methoxy groups -OCH3 is 1. The standard InChI is InChI=1S/C34H35ClN6O5/c1-41(13-15-43-2)12-5-7-33(42)40-30-17-27-29(18-32(30)46-26-10-14-44-22-26)38-20-23(19-36)34(27)39-24-8-9-31(28(35)16-24)45-21-25-6-3-4-11-37-25/h3-9,11,16-18,20,26H,10,12-15,21-22H2,1-2H3,(H,38,39)(H,40,42)/t26-/m0/s1. The first kappa shape index (κ1) is 32.7. The maximum atomic E-state index is 13.0. The van der Waals surface area contributed by atoms with Crippen molar-refractivity contribution in [3.05, 3.63) is 89.4 Å². The predicted molar refractivity (Wildman–Crippen MR) is 177 cm³/mol. The third kappa shape index (κ3) is 8.71. The lowest BCUT2D eigenvalue weighted by molar-refractivity contribution is -0.111. The van der Waals surface area contributed by atoms with Crippen LogP contribution < -0.4 is 20.1 Å². The lowest BCUT2D eigenvalue weighted by Crippen LogP contribution is -2.23. The fraction of sp³-hybridized carbons (Fsp3) is 0.294. The van der Waals surface area contributed by atoms with Gasteiger partial charge in [0.15, 0.2) is 0 Å². The molecule has 1 saturated heterocycles. The topological polar surface area (TPSA) is 131 Å². The molecule has 1 fully saturated rings. The highest BCUT2D eigenvalue weighted by atomic mass is 35.5. The summed E-state index contributed by atoms with van der Waals surface area (Å²) in [4.78, 5) is 23.8. The first-order valence-electron chi connectivity index (χ1n) is 14.8. The fourth-order valence-corrected chi connectivity index (χ4v) is 4.98. The molecule has 4 aromatic rings. The summed E-state index contributed by atoms with van der Waals surface area (Å²) in [5.41, 5.74) is 3.25. The molecule has 46 heavy (non-hydrogen) atoms. The van der Waals surface area contributed by atoms with Gasteiger partial charge in [0.05, 0.1) is 53.0 Å². The van der Waals surface area contributed by atoms with E-state index in [0.717, 1.165) is 18.7 Å². The summed E-state index contributed by atoms with van der Waals surface area (Å²) < 4.78 is 22.7. The molecular weight excluding hydrogens is 608 g/mol. The van der Waals surface area contributed by atoms with Crippen molar-refractivity contribution < 1.29 is 23.7 Å². The first-order valence-corrected chi connectivity index (χ1v) is 15.2. The number of hydrogen-bond donors (Lipinski definition) is 2. The number of aromatic nitrogens is 2. The van der Waals surface area contributed by atoms with Gasteiger partial charge in [-0.25, -0.2) is 0 Å². The van der Waals surface area contributed by atoms with Gasteiger partial charge in [0.1, 0.15) is 30.3 Å². The number of carbonyl (C=O) groups is 1. The summed E-state index contributed by atoms with van der Waals surface area (Å²) in [7, 11) is 3.60. The largest absolute Gasteiger partial charge is 0.486 e. The van der Waals surface area contributed by atoms with Crippen molar-refractivity contribution >= 4 is 45.5 Å². The van der Waals surface area contributed by atoms with Gasteiger partial charge in [-0.1, -0.05) is 23.7 Å². The number of nitriles is 1. The summed E-state index contributed by atoms with van der Waals surface area (Å²) in [5.74, 6) is 0.639. The van der Waals surface area contributed by atoms with Crippen LogP contribution >= 0.6 is 11.6 Å². The smallest absolute Gasteiger partial charge is 0.248 e. The first-order chi connectivity index (χ1) is 22.4. The number of carbonyl (C=O) groups excluding carboxylic acids is 1. The van der Waals surface area contributed by atoms with E-state index in [-0.39, 0.29) is 18.6 Å². The Morgan fingerprint density at radius 1 is 1.22 bits per heavy atom. The summed E-state index contributed by atoms with van der Waals surface area (Å²) in [6, 6.07) is 16.6. The third-order valence-corrected chi connectivity index (χ3v) is 7.49. The number of nitrogens with zero attached hydrogens (tertiary/aromatic N) is 4. The van der Waals surface area contributed by atoms with E-state index in [9.17, 15) is 10.1 Å². The minimum absolute atomic E-state index is 0.158. The molecule has 0 radical (unpaired) electrons. The second-order valence-electron chi connectivity index (χ2n) is 10.7. The zero-order chi connectivity index (χ0) is 32.3. The molecule has 0 unspecified atom stereocenters. The highest BCUT2D eigenvalue weighted by Crippen LogP contribution is 2.38. The number of benzene rings is 2. The van der Waals surface area contributed by atoms with Gasteiger partial charge in [0.25, 0.3) is 0 Å². The van der Waals surface area contributed by atoms with Crippen LogP contribution in [0.5, 0.6) is 11.5 Å². The zero-order valence-corrected chi connectivity index (χ0v) is 26.4. The van der Waals surface area contributed by atoms with Crippen LogP contribution in [0.3, 0.4) is 0 Å². The van der Waals surface area contributed by atoms with Gasteiger partial charge in [0.2, 0.25) is 5.91 Å². The number of nitrogens with one attached hydrogen (secondary N) is 2. The SMILES string of the molecule is COCCN(C)CC=CC(=O)Nc1cc2c(Nc3ccc(OCc4ccccn4)c(Cl)c3)c(C#N)cnc2cc1O[C@H]1CCOC1. The maximum Gasteiger partial charge on any atom is 0.248 e. The molecule has 3 heterocycles. The van der Waals surface area contributed by atoms with Crippen molar-refractivity contribution in [2.75, 3.05) is 57.7 Å². The van der Waals surface area contributed by atoms with Crippen molar-refractivity contribution in [2.45, 2.75) is 19.1 Å². The number of anilines is 3. The number of fused-ring (bicyclic) bond motifs is 1. The Morgan fingerprint density at radius 2 is 2.11 bits per heavy atom. The molecule has 238 valence electrons. The summed E-state index contributed by atoms with van der Waals surface area (Å²) >= 11 is 6.57. The number of halogens is 1. The highest BCUT2D eigenvalue weighted by molar-refractivity contribution is 6.32. The molecule has 1 aliphatic rings. The van der Waals surface area contributed by atoms with Gasteiger partial charge in [-0.3, -0.25) is 14.8 Å². The normalized spacial score (nSPS) is 14.5. The number of likely N-dealkylation sites (N-methyl/N-ethyl adjacent to an activating group) is 1. The van der Waals surface area contributed by atoms with Gasteiger partial charge >= 0.3 is 0 Å². The molecule has 1 atom stereocenters. The average Bonchev–Trinajstić information content (AvgIpc) is 3.57. The quantitative estimate of drug-likeness (QED) is 0.165. The third-order valence-electron chi connectivity index (χ3n) is 7.20. The maximum absolute atomic E-state index is 13.0. The van der Waals surface area contributed by atoms with Crippen molar-refractivity contribution in [2.24, 2.45) is 0 Å². The van der Waals surface area contributed by atoms with Gasteiger partial charge in [-0.05, 0) is 43.4 Å². The van der Waals surface area contributed by atoms with Crippen molar-refractivity contribution in [3.63, 3.8) is 0 Å². The molecule has 1 amide bonds. The van der Waals surface area contributed by atoms with Crippen LogP contribution in [0.1, 0.15) is 17.7 Å². The van der Waals surface area contributed by atoms with Crippen LogP contribution in [0.15, 0.2) is 73.1 Å². The van der Waals surface area contributed by atoms with Crippen LogP contribution in [0, 0.1) is 11.3 Å². The number of hydrogen-bond acceptors (Lipinski definition) is 10. The molecule has 2 aromatic carbocycles. The Hall–Kier alpha value is -4.73. The van der Waals surface area contributed by atoms with Gasteiger partial charge < -0.3 is 34.5 Å². The minimum Gasteiger partial charge on any atom is -0.486 e. The van der Waals surface area contributed by atoms with Crippen LogP contribution in [-0.2, 0) is 20.9 Å². The lowest BCUT2D eigenvalue weighted by atomic mass is 10.1. The molecular formula is C34H35ClN6O5. The zero-order valence-electron chi connectivity index (χ0n) is 25.7. The monoisotopic (exact) mass is 642 g/mol. The minimum atomic E-state index is -0.320. The number of amides is 1. The van der Waals surface area contributed by atoms with Gasteiger partial charge in [0, 0.05) is 62.2 Å². The molecule has 0 saturated carbocycles. The van der Waals surface area contributed by atoms with E-state index in [4.69, 9.17) is 30.5 Å². The molecule has 1 aliphatic heterocycles. The average molecular weight is 643 g/mol. The molecule has 0 aliphatic carbocycles. The highest BCUT2D eigenvalue weighted by Gasteiger charge is 2.21. The predicted octanol–water partition coefficient (Wildman–Crippen LogP) is 5.72. The molecule has 2 aromatic heterocycles. The Kier molecular flexibility index (Phi) is 11.4. The summed E-state index contributed by atoms with van der Waals surface area (Å²) in [6.07, 6.45) is 7.05. The second kappa shape index (κ2) is 16.0. The van der Waals surface area contributed by atoms with Crippen LogP contribution in [-0.4, -0.2) is 73.9 Å². The van der Waals surface area contributed by atoms with E-state index in [0.29, 0.717) is 76.4 Å². The second-order valence-corrected chi connectivity index (χ2v) is 11.1. The van der Waals surface area contributed by atoms with E-state index in [2.05, 4.69) is 26.7 Å². The van der Waals surface area contributed by atoms with Gasteiger partial charge in [-0.2, -0.15) is 5.26 Å². The van der Waals surface area contributed by atoms with Crippen LogP contribution in [0.25, 0.3) is 10.9 Å². The molecule has 0 bridgehead atoms. The molecule has 0 spiro atoms. The van der Waals surface area contributed by atoms with E-state index >= 15 is 0 Å².